The van der Waals surface area contributed by atoms with E-state index in [2.05, 4.69) is 25.0 Å². The molecule has 3 aromatic rings. The van der Waals surface area contributed by atoms with Crippen molar-refractivity contribution in [3.8, 4) is 22.4 Å². The van der Waals surface area contributed by atoms with Crippen LogP contribution in [0.1, 0.15) is 37.8 Å². The molecule has 2 aliphatic rings. The summed E-state index contributed by atoms with van der Waals surface area (Å²) in [6, 6.07) is 11.2. The molecule has 0 spiro atoms. The standard InChI is InChI=1S/C15H12FN3.C12H25N3/c1-10-8-12(6-7-17-10)14-9-18-19-15(14)11-2-4-13(16)5-3-11;13-6-11-14-9-4-12(5-10-14)15-7-2-1-3-8-15/h2-9H,1H3,(H,18,19);12H,1-11,13H2. The highest BCUT2D eigenvalue weighted by Crippen LogP contribution is 2.30. The fraction of sp³-hybridized carbons (Fsp3) is 0.481. The highest BCUT2D eigenvalue weighted by atomic mass is 19.1. The molecule has 182 valence electrons. The number of likely N-dealkylation sites (tertiary alicyclic amines) is 2. The van der Waals surface area contributed by atoms with E-state index in [0.717, 1.165) is 47.2 Å². The first kappa shape index (κ1) is 24.5. The SMILES string of the molecule is Cc1cc(-c2cn[nH]c2-c2ccc(F)cc2)ccn1.NCCN1CCC(N2CCCCC2)CC1. The van der Waals surface area contributed by atoms with Gasteiger partial charge in [-0.2, -0.15) is 5.10 Å². The van der Waals surface area contributed by atoms with Gasteiger partial charge in [-0.05, 0) is 101 Å². The minimum atomic E-state index is -0.246. The van der Waals surface area contributed by atoms with Crippen molar-refractivity contribution in [1.82, 2.24) is 25.0 Å². The predicted octanol–water partition coefficient (Wildman–Crippen LogP) is 4.48. The Morgan fingerprint density at radius 1 is 1.00 bits per heavy atom. The number of hydrogen-bond donors (Lipinski definition) is 2. The van der Waals surface area contributed by atoms with Gasteiger partial charge in [0.2, 0.25) is 0 Å². The molecule has 34 heavy (non-hydrogen) atoms. The Morgan fingerprint density at radius 2 is 1.74 bits per heavy atom. The molecule has 0 atom stereocenters. The van der Waals surface area contributed by atoms with Crippen LogP contribution in [0.3, 0.4) is 0 Å². The highest BCUT2D eigenvalue weighted by Gasteiger charge is 2.24. The van der Waals surface area contributed by atoms with Gasteiger partial charge in [-0.25, -0.2) is 4.39 Å². The second kappa shape index (κ2) is 12.2. The maximum Gasteiger partial charge on any atom is 0.123 e. The van der Waals surface area contributed by atoms with E-state index in [1.54, 1.807) is 24.5 Å². The lowest BCUT2D eigenvalue weighted by molar-refractivity contribution is 0.0939. The minimum Gasteiger partial charge on any atom is -0.329 e. The number of hydrogen-bond acceptors (Lipinski definition) is 5. The maximum absolute atomic E-state index is 13.0. The Morgan fingerprint density at radius 3 is 2.41 bits per heavy atom. The van der Waals surface area contributed by atoms with E-state index in [1.807, 2.05) is 19.1 Å². The number of pyridine rings is 1. The van der Waals surface area contributed by atoms with E-state index >= 15 is 0 Å². The average Bonchev–Trinajstić information content (AvgIpc) is 3.36. The summed E-state index contributed by atoms with van der Waals surface area (Å²) in [6.07, 6.45) is 10.5. The van der Waals surface area contributed by atoms with E-state index in [9.17, 15) is 4.39 Å². The molecule has 4 heterocycles. The number of halogens is 1. The van der Waals surface area contributed by atoms with Crippen molar-refractivity contribution in [2.75, 3.05) is 39.3 Å². The summed E-state index contributed by atoms with van der Waals surface area (Å²) in [5.74, 6) is -0.246. The maximum atomic E-state index is 13.0. The molecule has 0 amide bonds. The van der Waals surface area contributed by atoms with Crippen LogP contribution in [-0.2, 0) is 0 Å². The third-order valence-corrected chi connectivity index (χ3v) is 6.89. The van der Waals surface area contributed by atoms with Crippen LogP contribution >= 0.6 is 0 Å². The van der Waals surface area contributed by atoms with Gasteiger partial charge in [-0.3, -0.25) is 10.1 Å². The zero-order valence-electron chi connectivity index (χ0n) is 20.2. The van der Waals surface area contributed by atoms with Crippen LogP contribution in [0.15, 0.2) is 48.8 Å². The number of nitrogens with zero attached hydrogens (tertiary/aromatic N) is 4. The number of benzene rings is 1. The first-order valence-corrected chi connectivity index (χ1v) is 12.5. The Labute approximate surface area is 202 Å². The van der Waals surface area contributed by atoms with Crippen LogP contribution in [-0.4, -0.2) is 70.3 Å². The molecule has 2 fully saturated rings. The Hall–Kier alpha value is -2.61. The minimum absolute atomic E-state index is 0.246. The summed E-state index contributed by atoms with van der Waals surface area (Å²) < 4.78 is 13.0. The van der Waals surface area contributed by atoms with Crippen LogP contribution in [0, 0.1) is 12.7 Å². The summed E-state index contributed by atoms with van der Waals surface area (Å²) in [5.41, 5.74) is 10.3. The van der Waals surface area contributed by atoms with Crippen molar-refractivity contribution in [2.24, 2.45) is 5.73 Å². The normalized spacial score (nSPS) is 17.9. The summed E-state index contributed by atoms with van der Waals surface area (Å²) in [4.78, 5) is 9.42. The molecule has 1 aromatic carbocycles. The average molecular weight is 465 g/mol. The van der Waals surface area contributed by atoms with Crippen molar-refractivity contribution >= 4 is 0 Å². The Balaban J connectivity index is 0.000000166. The molecular weight excluding hydrogens is 427 g/mol. The molecule has 0 aliphatic carbocycles. The number of piperidine rings is 2. The van der Waals surface area contributed by atoms with Crippen LogP contribution in [0.25, 0.3) is 22.4 Å². The summed E-state index contributed by atoms with van der Waals surface area (Å²) >= 11 is 0. The first-order chi connectivity index (χ1) is 16.6. The van der Waals surface area contributed by atoms with Gasteiger partial charge in [-0.15, -0.1) is 0 Å². The van der Waals surface area contributed by atoms with E-state index in [4.69, 9.17) is 5.73 Å². The molecule has 2 aliphatic heterocycles. The molecule has 6 nitrogen and oxygen atoms in total. The van der Waals surface area contributed by atoms with Crippen LogP contribution in [0.4, 0.5) is 4.39 Å². The van der Waals surface area contributed by atoms with Crippen LogP contribution in [0.2, 0.25) is 0 Å². The van der Waals surface area contributed by atoms with Crippen LogP contribution < -0.4 is 5.73 Å². The topological polar surface area (TPSA) is 74.1 Å². The fourth-order valence-corrected chi connectivity index (χ4v) is 5.03. The van der Waals surface area contributed by atoms with Crippen molar-refractivity contribution in [2.45, 2.75) is 45.1 Å². The van der Waals surface area contributed by atoms with Gasteiger partial charge in [-0.1, -0.05) is 6.42 Å². The number of aryl methyl sites for hydroxylation is 1. The van der Waals surface area contributed by atoms with Crippen molar-refractivity contribution in [1.29, 1.82) is 0 Å². The molecule has 2 aromatic heterocycles. The number of nitrogens with two attached hydrogens (primary N) is 1. The Kier molecular flexibility index (Phi) is 8.79. The van der Waals surface area contributed by atoms with Gasteiger partial charge in [0.15, 0.2) is 0 Å². The Bertz CT molecular complexity index is 1000. The third kappa shape index (κ3) is 6.50. The molecule has 3 N–H and O–H groups in total. The van der Waals surface area contributed by atoms with Gasteiger partial charge >= 0.3 is 0 Å². The monoisotopic (exact) mass is 464 g/mol. The quantitative estimate of drug-likeness (QED) is 0.582. The number of aromatic nitrogens is 3. The largest absolute Gasteiger partial charge is 0.329 e. The second-order valence-corrected chi connectivity index (χ2v) is 9.31. The van der Waals surface area contributed by atoms with Crippen molar-refractivity contribution < 1.29 is 4.39 Å². The number of aromatic amines is 1. The van der Waals surface area contributed by atoms with E-state index in [1.165, 1.54) is 70.4 Å². The molecule has 0 saturated carbocycles. The zero-order valence-corrected chi connectivity index (χ0v) is 20.2. The number of nitrogens with one attached hydrogen (secondary N) is 1. The second-order valence-electron chi connectivity index (χ2n) is 9.31. The van der Waals surface area contributed by atoms with E-state index < -0.39 is 0 Å². The number of H-pyrrole nitrogens is 1. The molecule has 7 heteroatoms. The van der Waals surface area contributed by atoms with E-state index in [0.29, 0.717) is 0 Å². The molecule has 2 saturated heterocycles. The van der Waals surface area contributed by atoms with Gasteiger partial charge < -0.3 is 15.5 Å². The van der Waals surface area contributed by atoms with Crippen LogP contribution in [0.5, 0.6) is 0 Å². The zero-order chi connectivity index (χ0) is 23.8. The van der Waals surface area contributed by atoms with Gasteiger partial charge in [0, 0.05) is 42.1 Å². The van der Waals surface area contributed by atoms with Crippen molar-refractivity contribution in [3.63, 3.8) is 0 Å². The number of rotatable bonds is 5. The summed E-state index contributed by atoms with van der Waals surface area (Å²) in [7, 11) is 0. The van der Waals surface area contributed by atoms with Gasteiger partial charge in [0.25, 0.3) is 0 Å². The predicted molar refractivity (Wildman–Crippen MR) is 136 cm³/mol. The molecule has 5 rings (SSSR count). The smallest absolute Gasteiger partial charge is 0.123 e. The molecule has 0 bridgehead atoms. The molecule has 0 unspecified atom stereocenters. The fourth-order valence-electron chi connectivity index (χ4n) is 5.03. The first-order valence-electron chi connectivity index (χ1n) is 12.5. The third-order valence-electron chi connectivity index (χ3n) is 6.89. The van der Waals surface area contributed by atoms with Gasteiger partial charge in [0.05, 0.1) is 11.9 Å². The van der Waals surface area contributed by atoms with Gasteiger partial charge in [0.1, 0.15) is 5.82 Å². The lowest BCUT2D eigenvalue weighted by atomic mass is 10.00. The molecular formula is C27H37FN6. The summed E-state index contributed by atoms with van der Waals surface area (Å²) in [6.45, 7) is 9.07. The molecule has 0 radical (unpaired) electrons. The lowest BCUT2D eigenvalue weighted by Crippen LogP contribution is -2.47. The lowest BCUT2D eigenvalue weighted by Gasteiger charge is -2.40. The highest BCUT2D eigenvalue weighted by molar-refractivity contribution is 5.80. The summed E-state index contributed by atoms with van der Waals surface area (Å²) in [5, 5.41) is 7.05. The van der Waals surface area contributed by atoms with Crippen molar-refractivity contribution in [3.05, 3.63) is 60.3 Å². The van der Waals surface area contributed by atoms with E-state index in [-0.39, 0.29) is 5.82 Å².